The first-order valence-corrected chi connectivity index (χ1v) is 9.23. The van der Waals surface area contributed by atoms with E-state index >= 15 is 0 Å². The summed E-state index contributed by atoms with van der Waals surface area (Å²) in [5, 5.41) is 4.25. The zero-order valence-electron chi connectivity index (χ0n) is 13.4. The second-order valence-corrected chi connectivity index (χ2v) is 8.26. The van der Waals surface area contributed by atoms with Gasteiger partial charge < -0.3 is 4.90 Å². The number of likely N-dealkylation sites (tertiary alicyclic amines) is 1. The smallest absolute Gasteiger partial charge is 0.237 e. The van der Waals surface area contributed by atoms with E-state index in [1.54, 1.807) is 0 Å². The maximum Gasteiger partial charge on any atom is 0.237 e. The molecule has 3 aliphatic rings. The van der Waals surface area contributed by atoms with Crippen molar-refractivity contribution < 1.29 is 4.79 Å². The van der Waals surface area contributed by atoms with Gasteiger partial charge in [-0.2, -0.15) is 0 Å². The Labute approximate surface area is 135 Å². The highest BCUT2D eigenvalue weighted by molar-refractivity contribution is 7.05. The van der Waals surface area contributed by atoms with Gasteiger partial charge >= 0.3 is 0 Å². The number of rotatable bonds is 2. The molecule has 5 nitrogen and oxygen atoms in total. The molecule has 22 heavy (non-hydrogen) atoms. The van der Waals surface area contributed by atoms with E-state index in [2.05, 4.69) is 33.2 Å². The summed E-state index contributed by atoms with van der Waals surface area (Å²) < 4.78 is 4.10. The second-order valence-electron chi connectivity index (χ2n) is 7.48. The third kappa shape index (κ3) is 2.46. The molecule has 0 spiro atoms. The fraction of sp³-hybridized carbons (Fsp3) is 0.812. The third-order valence-electron chi connectivity index (χ3n) is 5.41. The van der Waals surface area contributed by atoms with Crippen LogP contribution in [0.25, 0.3) is 0 Å². The largest absolute Gasteiger partial charge is 0.330 e. The first-order chi connectivity index (χ1) is 10.6. The minimum atomic E-state index is 0.251. The molecule has 0 unspecified atom stereocenters. The fourth-order valence-corrected chi connectivity index (χ4v) is 5.56. The third-order valence-corrected chi connectivity index (χ3v) is 6.28. The van der Waals surface area contributed by atoms with Gasteiger partial charge in [-0.15, -0.1) is 5.10 Å². The molecule has 6 heteroatoms. The van der Waals surface area contributed by atoms with Crippen LogP contribution in [0.1, 0.15) is 49.7 Å². The van der Waals surface area contributed by atoms with Crippen molar-refractivity contribution >= 4 is 17.4 Å². The summed E-state index contributed by atoms with van der Waals surface area (Å²) >= 11 is 1.48. The molecular formula is C16H24N4OS. The van der Waals surface area contributed by atoms with E-state index in [1.165, 1.54) is 22.8 Å². The van der Waals surface area contributed by atoms with Crippen LogP contribution in [0.3, 0.4) is 0 Å². The zero-order valence-corrected chi connectivity index (χ0v) is 14.2. The summed E-state index contributed by atoms with van der Waals surface area (Å²) in [6, 6.07) is 0.606. The highest BCUT2D eigenvalue weighted by Gasteiger charge is 2.44. The molecular weight excluding hydrogens is 296 g/mol. The highest BCUT2D eigenvalue weighted by Crippen LogP contribution is 2.44. The van der Waals surface area contributed by atoms with Gasteiger partial charge in [-0.3, -0.25) is 9.69 Å². The molecule has 1 amide bonds. The Morgan fingerprint density at radius 2 is 2.05 bits per heavy atom. The van der Waals surface area contributed by atoms with E-state index in [9.17, 15) is 4.79 Å². The standard InChI is InChI=1S/C16H24N4OS/c1-10-5-11(2)8-19(7-10)9-15(21)20-12-3-4-14(20)16-13(6-12)17-18-22-16/h10-12,14H,3-9H2,1-2H3/t10-,11-,12-,14-/m0/s1. The molecule has 4 rings (SSSR count). The summed E-state index contributed by atoms with van der Waals surface area (Å²) in [5.41, 5.74) is 1.14. The van der Waals surface area contributed by atoms with Crippen LogP contribution in [0, 0.1) is 11.8 Å². The summed E-state index contributed by atoms with van der Waals surface area (Å²) in [4.78, 5) is 18.7. The van der Waals surface area contributed by atoms with Gasteiger partial charge in [0.2, 0.25) is 5.91 Å². The van der Waals surface area contributed by atoms with Crippen molar-refractivity contribution in [2.24, 2.45) is 11.8 Å². The van der Waals surface area contributed by atoms with Gasteiger partial charge in [0.05, 0.1) is 23.2 Å². The number of hydrogen-bond donors (Lipinski definition) is 0. The van der Waals surface area contributed by atoms with Crippen molar-refractivity contribution in [2.45, 2.75) is 51.6 Å². The number of nitrogens with zero attached hydrogens (tertiary/aromatic N) is 4. The first-order valence-electron chi connectivity index (χ1n) is 8.46. The second kappa shape index (κ2) is 5.57. The average Bonchev–Trinajstić information content (AvgIpc) is 3.02. The number of hydrogen-bond acceptors (Lipinski definition) is 5. The van der Waals surface area contributed by atoms with Gasteiger partial charge in [0, 0.05) is 25.6 Å². The van der Waals surface area contributed by atoms with E-state index < -0.39 is 0 Å². The number of carbonyl (C=O) groups is 1. The summed E-state index contributed by atoms with van der Waals surface area (Å²) in [5.74, 6) is 1.71. The Hall–Kier alpha value is -1.01. The average molecular weight is 320 g/mol. The topological polar surface area (TPSA) is 49.3 Å². The highest BCUT2D eigenvalue weighted by atomic mass is 32.1. The molecule has 1 aromatic heterocycles. The molecule has 0 aromatic carbocycles. The Bertz CT molecular complexity index is 564. The van der Waals surface area contributed by atoms with E-state index in [1.807, 2.05) is 0 Å². The molecule has 3 aliphatic heterocycles. The number of fused-ring (bicyclic) bond motifs is 4. The summed E-state index contributed by atoms with van der Waals surface area (Å²) in [6.07, 6.45) is 4.39. The van der Waals surface area contributed by atoms with Gasteiger partial charge in [-0.05, 0) is 42.6 Å². The van der Waals surface area contributed by atoms with Crippen LogP contribution < -0.4 is 0 Å². The minimum Gasteiger partial charge on any atom is -0.330 e. The molecule has 2 bridgehead atoms. The van der Waals surface area contributed by atoms with Crippen molar-refractivity contribution in [3.63, 3.8) is 0 Å². The monoisotopic (exact) mass is 320 g/mol. The maximum atomic E-state index is 12.9. The molecule has 0 radical (unpaired) electrons. The van der Waals surface area contributed by atoms with Gasteiger partial charge in [0.25, 0.3) is 0 Å². The summed E-state index contributed by atoms with van der Waals surface area (Å²) in [6.45, 7) is 7.31. The molecule has 0 saturated carbocycles. The molecule has 2 fully saturated rings. The Morgan fingerprint density at radius 3 is 2.82 bits per heavy atom. The lowest BCUT2D eigenvalue weighted by Gasteiger charge is -2.38. The van der Waals surface area contributed by atoms with E-state index in [-0.39, 0.29) is 6.04 Å². The maximum absolute atomic E-state index is 12.9. The molecule has 0 N–H and O–H groups in total. The van der Waals surface area contributed by atoms with Crippen LogP contribution >= 0.6 is 11.5 Å². The Balaban J connectivity index is 1.47. The van der Waals surface area contributed by atoms with E-state index in [0.717, 1.165) is 38.0 Å². The predicted octanol–water partition coefficient (Wildman–Crippen LogP) is 2.10. The normalized spacial score (nSPS) is 34.7. The number of aromatic nitrogens is 2. The van der Waals surface area contributed by atoms with Crippen molar-refractivity contribution in [1.29, 1.82) is 0 Å². The number of carbonyl (C=O) groups excluding carboxylic acids is 1. The van der Waals surface area contributed by atoms with Crippen molar-refractivity contribution in [3.05, 3.63) is 10.6 Å². The predicted molar refractivity (Wildman–Crippen MR) is 85.6 cm³/mol. The quantitative estimate of drug-likeness (QED) is 0.837. The molecule has 4 heterocycles. The van der Waals surface area contributed by atoms with Gasteiger partial charge in [-0.1, -0.05) is 18.3 Å². The van der Waals surface area contributed by atoms with Crippen LogP contribution in [-0.2, 0) is 11.2 Å². The summed E-state index contributed by atoms with van der Waals surface area (Å²) in [7, 11) is 0. The fourth-order valence-electron chi connectivity index (χ4n) is 4.75. The molecule has 120 valence electrons. The Morgan fingerprint density at radius 1 is 1.27 bits per heavy atom. The van der Waals surface area contributed by atoms with E-state index in [0.29, 0.717) is 30.3 Å². The first kappa shape index (κ1) is 14.6. The Kier molecular flexibility index (Phi) is 3.69. The van der Waals surface area contributed by atoms with Crippen molar-refractivity contribution in [3.8, 4) is 0 Å². The van der Waals surface area contributed by atoms with Crippen molar-refractivity contribution in [2.75, 3.05) is 19.6 Å². The molecule has 2 saturated heterocycles. The van der Waals surface area contributed by atoms with E-state index in [4.69, 9.17) is 0 Å². The van der Waals surface area contributed by atoms with Crippen LogP contribution in [-0.4, -0.2) is 51.0 Å². The molecule has 0 aliphatic carbocycles. The zero-order chi connectivity index (χ0) is 15.3. The van der Waals surface area contributed by atoms with Crippen LogP contribution in [0.2, 0.25) is 0 Å². The van der Waals surface area contributed by atoms with Crippen LogP contribution in [0.5, 0.6) is 0 Å². The lowest BCUT2D eigenvalue weighted by molar-refractivity contribution is -0.136. The minimum absolute atomic E-state index is 0.251. The van der Waals surface area contributed by atoms with Gasteiger partial charge in [-0.25, -0.2) is 0 Å². The van der Waals surface area contributed by atoms with Crippen LogP contribution in [0.15, 0.2) is 0 Å². The number of piperidine rings is 1. The van der Waals surface area contributed by atoms with Crippen LogP contribution in [0.4, 0.5) is 0 Å². The lowest BCUT2D eigenvalue weighted by Crippen LogP contribution is -2.49. The number of amides is 1. The van der Waals surface area contributed by atoms with Gasteiger partial charge in [0.15, 0.2) is 0 Å². The molecule has 1 aromatic rings. The van der Waals surface area contributed by atoms with Gasteiger partial charge in [0.1, 0.15) is 0 Å². The molecule has 4 atom stereocenters. The van der Waals surface area contributed by atoms with Crippen molar-refractivity contribution in [1.82, 2.24) is 19.4 Å². The lowest BCUT2D eigenvalue weighted by atomic mass is 9.92. The SMILES string of the molecule is C[C@H]1C[C@H](C)CN(CC(=O)N2[C@H]3CC[C@H]2c2snnc2C3)C1.